The van der Waals surface area contributed by atoms with Gasteiger partial charge in [-0.25, -0.2) is 13.2 Å². The van der Waals surface area contributed by atoms with Crippen LogP contribution < -0.4 is 4.74 Å². The molecular weight excluding hydrogens is 268 g/mol. The van der Waals surface area contributed by atoms with Crippen LogP contribution in [0.5, 0.6) is 5.75 Å². The van der Waals surface area contributed by atoms with Crippen molar-refractivity contribution in [3.05, 3.63) is 24.3 Å². The Kier molecular flexibility index (Phi) is 5.35. The van der Waals surface area contributed by atoms with Crippen LogP contribution in [-0.2, 0) is 19.4 Å². The molecule has 19 heavy (non-hydrogen) atoms. The van der Waals surface area contributed by atoms with Crippen LogP contribution in [0, 0.1) is 0 Å². The molecule has 0 saturated carbocycles. The number of esters is 1. The zero-order valence-corrected chi connectivity index (χ0v) is 12.1. The van der Waals surface area contributed by atoms with Crippen LogP contribution in [0.15, 0.2) is 29.2 Å². The summed E-state index contributed by atoms with van der Waals surface area (Å²) in [6.07, 6.45) is 0.937. The molecule has 0 saturated heterocycles. The summed E-state index contributed by atoms with van der Waals surface area (Å²) in [4.78, 5) is 11.8. The van der Waals surface area contributed by atoms with Gasteiger partial charge in [-0.1, -0.05) is 6.92 Å². The molecule has 1 aromatic carbocycles. The highest BCUT2D eigenvalue weighted by molar-refractivity contribution is 7.90. The van der Waals surface area contributed by atoms with Crippen molar-refractivity contribution in [3.63, 3.8) is 0 Å². The van der Waals surface area contributed by atoms with Gasteiger partial charge in [0.05, 0.1) is 11.5 Å². The third-order valence-corrected chi connectivity index (χ3v) is 3.58. The molecule has 1 unspecified atom stereocenters. The largest absolute Gasteiger partial charge is 0.479 e. The summed E-state index contributed by atoms with van der Waals surface area (Å²) in [6, 6.07) is 5.95. The van der Waals surface area contributed by atoms with Crippen LogP contribution in [0.3, 0.4) is 0 Å². The van der Waals surface area contributed by atoms with E-state index in [0.29, 0.717) is 18.8 Å². The van der Waals surface area contributed by atoms with Crippen LogP contribution >= 0.6 is 0 Å². The Morgan fingerprint density at radius 2 is 1.79 bits per heavy atom. The zero-order chi connectivity index (χ0) is 14.5. The summed E-state index contributed by atoms with van der Waals surface area (Å²) >= 11 is 0. The number of carbonyl (C=O) groups is 1. The minimum absolute atomic E-state index is 0.212. The summed E-state index contributed by atoms with van der Waals surface area (Å²) in [5.74, 6) is 0.0180. The first-order valence-corrected chi connectivity index (χ1v) is 7.91. The molecule has 0 heterocycles. The SMILES string of the molecule is CCOC(=O)C(CC)Oc1ccc(S(C)(=O)=O)cc1. The highest BCUT2D eigenvalue weighted by Crippen LogP contribution is 2.18. The molecule has 0 aromatic heterocycles. The molecule has 106 valence electrons. The first-order valence-electron chi connectivity index (χ1n) is 6.01. The maximum Gasteiger partial charge on any atom is 0.347 e. The van der Waals surface area contributed by atoms with E-state index in [1.54, 1.807) is 6.92 Å². The quantitative estimate of drug-likeness (QED) is 0.746. The van der Waals surface area contributed by atoms with Gasteiger partial charge < -0.3 is 9.47 Å². The smallest absolute Gasteiger partial charge is 0.347 e. The van der Waals surface area contributed by atoms with Gasteiger partial charge in [0.1, 0.15) is 5.75 Å². The first-order chi connectivity index (χ1) is 8.88. The molecule has 5 nitrogen and oxygen atoms in total. The highest BCUT2D eigenvalue weighted by Gasteiger charge is 2.19. The summed E-state index contributed by atoms with van der Waals surface area (Å²) < 4.78 is 33.0. The summed E-state index contributed by atoms with van der Waals surface area (Å²) in [7, 11) is -3.23. The Morgan fingerprint density at radius 3 is 2.21 bits per heavy atom. The number of hydrogen-bond donors (Lipinski definition) is 0. The average Bonchev–Trinajstić information content (AvgIpc) is 2.35. The highest BCUT2D eigenvalue weighted by atomic mass is 32.2. The number of sulfone groups is 1. The predicted molar refractivity (Wildman–Crippen MR) is 70.9 cm³/mol. The average molecular weight is 286 g/mol. The second-order valence-electron chi connectivity index (χ2n) is 4.01. The molecule has 1 rings (SSSR count). The van der Waals surface area contributed by atoms with E-state index in [-0.39, 0.29) is 4.90 Å². The Balaban J connectivity index is 2.79. The van der Waals surface area contributed by atoms with Gasteiger partial charge in [-0.15, -0.1) is 0 Å². The van der Waals surface area contributed by atoms with Crippen molar-refractivity contribution in [2.75, 3.05) is 12.9 Å². The van der Waals surface area contributed by atoms with Gasteiger partial charge in [0.15, 0.2) is 15.9 Å². The van der Waals surface area contributed by atoms with Crippen LogP contribution in [0.2, 0.25) is 0 Å². The molecule has 0 spiro atoms. The Labute approximate surface area is 113 Å². The molecule has 6 heteroatoms. The monoisotopic (exact) mass is 286 g/mol. The molecule has 0 aliphatic carbocycles. The van der Waals surface area contributed by atoms with Crippen molar-refractivity contribution >= 4 is 15.8 Å². The molecule has 0 radical (unpaired) electrons. The Morgan fingerprint density at radius 1 is 1.21 bits per heavy atom. The molecule has 0 aliphatic heterocycles. The zero-order valence-electron chi connectivity index (χ0n) is 11.3. The molecule has 1 atom stereocenters. The van der Waals surface area contributed by atoms with Gasteiger partial charge in [0.2, 0.25) is 0 Å². The predicted octanol–water partition coefficient (Wildman–Crippen LogP) is 1.81. The standard InChI is InChI=1S/C13H18O5S/c1-4-12(13(14)17-5-2)18-10-6-8-11(9-7-10)19(3,15)16/h6-9,12H,4-5H2,1-3H3. The fourth-order valence-corrected chi connectivity index (χ4v) is 2.09. The van der Waals surface area contributed by atoms with Gasteiger partial charge in [-0.3, -0.25) is 0 Å². The molecule has 1 aromatic rings. The van der Waals surface area contributed by atoms with Gasteiger partial charge >= 0.3 is 5.97 Å². The van der Waals surface area contributed by atoms with Crippen molar-refractivity contribution < 1.29 is 22.7 Å². The summed E-state index contributed by atoms with van der Waals surface area (Å²) in [6.45, 7) is 3.84. The summed E-state index contributed by atoms with van der Waals surface area (Å²) in [5.41, 5.74) is 0. The van der Waals surface area contributed by atoms with E-state index in [0.717, 1.165) is 6.26 Å². The minimum atomic E-state index is -3.23. The second kappa shape index (κ2) is 6.56. The maximum atomic E-state index is 11.6. The fourth-order valence-electron chi connectivity index (χ4n) is 1.46. The molecular formula is C13H18O5S. The number of benzene rings is 1. The summed E-state index contributed by atoms with van der Waals surface area (Å²) in [5, 5.41) is 0. The molecule has 0 N–H and O–H groups in total. The third-order valence-electron chi connectivity index (χ3n) is 2.45. The van der Waals surface area contributed by atoms with Crippen molar-refractivity contribution in [1.29, 1.82) is 0 Å². The minimum Gasteiger partial charge on any atom is -0.479 e. The normalized spacial score (nSPS) is 12.8. The van der Waals surface area contributed by atoms with Gasteiger partial charge in [-0.2, -0.15) is 0 Å². The van der Waals surface area contributed by atoms with Crippen molar-refractivity contribution in [2.24, 2.45) is 0 Å². The molecule has 0 aliphatic rings. The lowest BCUT2D eigenvalue weighted by atomic mass is 10.2. The van der Waals surface area contributed by atoms with Gasteiger partial charge in [-0.05, 0) is 37.6 Å². The van der Waals surface area contributed by atoms with Gasteiger partial charge in [0, 0.05) is 6.26 Å². The lowest BCUT2D eigenvalue weighted by Crippen LogP contribution is -2.28. The lowest BCUT2D eigenvalue weighted by molar-refractivity contribution is -0.151. The van der Waals surface area contributed by atoms with Crippen LogP contribution in [0.4, 0.5) is 0 Å². The number of ether oxygens (including phenoxy) is 2. The third kappa shape index (κ3) is 4.55. The number of rotatable bonds is 6. The lowest BCUT2D eigenvalue weighted by Gasteiger charge is -2.16. The molecule has 0 amide bonds. The van der Waals surface area contributed by atoms with Crippen LogP contribution in [0.25, 0.3) is 0 Å². The number of carbonyl (C=O) groups excluding carboxylic acids is 1. The second-order valence-corrected chi connectivity index (χ2v) is 6.03. The van der Waals surface area contributed by atoms with Gasteiger partial charge in [0.25, 0.3) is 0 Å². The topological polar surface area (TPSA) is 69.7 Å². The Bertz CT molecular complexity index is 518. The van der Waals surface area contributed by atoms with E-state index >= 15 is 0 Å². The van der Waals surface area contributed by atoms with E-state index in [2.05, 4.69) is 0 Å². The number of hydrogen-bond acceptors (Lipinski definition) is 5. The van der Waals surface area contributed by atoms with E-state index in [4.69, 9.17) is 9.47 Å². The molecule has 0 fully saturated rings. The van der Waals surface area contributed by atoms with E-state index in [1.807, 2.05) is 6.92 Å². The Hall–Kier alpha value is -1.56. The van der Waals surface area contributed by atoms with E-state index < -0.39 is 21.9 Å². The van der Waals surface area contributed by atoms with Crippen molar-refractivity contribution in [1.82, 2.24) is 0 Å². The van der Waals surface area contributed by atoms with Crippen LogP contribution in [0.1, 0.15) is 20.3 Å². The first kappa shape index (κ1) is 15.5. The van der Waals surface area contributed by atoms with Crippen LogP contribution in [-0.4, -0.2) is 33.4 Å². The van der Waals surface area contributed by atoms with E-state index in [1.165, 1.54) is 24.3 Å². The van der Waals surface area contributed by atoms with E-state index in [9.17, 15) is 13.2 Å². The molecule has 0 bridgehead atoms. The van der Waals surface area contributed by atoms with Crippen molar-refractivity contribution in [2.45, 2.75) is 31.3 Å². The fraction of sp³-hybridized carbons (Fsp3) is 0.462. The maximum absolute atomic E-state index is 11.6. The van der Waals surface area contributed by atoms with Crippen molar-refractivity contribution in [3.8, 4) is 5.75 Å².